The molecule has 2 rings (SSSR count). The van der Waals surface area contributed by atoms with Gasteiger partial charge in [-0.3, -0.25) is 4.79 Å². The molecule has 0 fully saturated rings. The van der Waals surface area contributed by atoms with Crippen molar-refractivity contribution in [3.8, 4) is 0 Å². The molecule has 0 bridgehead atoms. The Morgan fingerprint density at radius 1 is 1.33 bits per heavy atom. The number of esters is 1. The zero-order valence-electron chi connectivity index (χ0n) is 10.4. The lowest BCUT2D eigenvalue weighted by Gasteiger charge is -2.30. The van der Waals surface area contributed by atoms with Crippen LogP contribution in [0, 0.1) is 0 Å². The fourth-order valence-corrected chi connectivity index (χ4v) is 2.00. The summed E-state index contributed by atoms with van der Waals surface area (Å²) in [7, 11) is 0. The molecule has 1 atom stereocenters. The van der Waals surface area contributed by atoms with Gasteiger partial charge in [-0.15, -0.1) is 0 Å². The molecule has 0 amide bonds. The molecule has 1 aromatic carbocycles. The number of ether oxygens (including phenoxy) is 1. The number of benzene rings is 1. The summed E-state index contributed by atoms with van der Waals surface area (Å²) in [6.07, 6.45) is 4.56. The van der Waals surface area contributed by atoms with Crippen molar-refractivity contribution in [2.24, 2.45) is 0 Å². The highest BCUT2D eigenvalue weighted by Gasteiger charge is 2.35. The molecule has 0 saturated carbocycles. The lowest BCUT2D eigenvalue weighted by Crippen LogP contribution is -2.38. The van der Waals surface area contributed by atoms with Gasteiger partial charge in [0.05, 0.1) is 5.56 Å². The van der Waals surface area contributed by atoms with Gasteiger partial charge in [-0.25, -0.2) is 4.79 Å². The Bertz CT molecular complexity index is 476. The van der Waals surface area contributed by atoms with Crippen molar-refractivity contribution in [2.75, 3.05) is 0 Å². The first-order chi connectivity index (χ1) is 8.65. The Kier molecular flexibility index (Phi) is 3.60. The summed E-state index contributed by atoms with van der Waals surface area (Å²) in [6, 6.07) is 8.75. The molecule has 3 nitrogen and oxygen atoms in total. The minimum absolute atomic E-state index is 0.435. The molecule has 0 aromatic heterocycles. The first kappa shape index (κ1) is 12.6. The van der Waals surface area contributed by atoms with E-state index in [0.717, 1.165) is 12.7 Å². The first-order valence-corrected chi connectivity index (χ1v) is 6.06. The van der Waals surface area contributed by atoms with E-state index in [9.17, 15) is 9.59 Å². The second kappa shape index (κ2) is 5.17. The standard InChI is InChI=1S/C15H16O3/c1-12-7-9-15(11-16,10-8-12)18-14(17)13-5-3-2-4-6-13/h2-7,11H,8-10H2,1H3/t15-/m1/s1. The normalized spacial score (nSPS) is 23.1. The monoisotopic (exact) mass is 244 g/mol. The molecule has 1 aliphatic rings. The molecule has 0 radical (unpaired) electrons. The van der Waals surface area contributed by atoms with Crippen molar-refractivity contribution in [3.63, 3.8) is 0 Å². The molecule has 0 heterocycles. The minimum atomic E-state index is -0.980. The van der Waals surface area contributed by atoms with E-state index in [0.29, 0.717) is 18.4 Å². The third-order valence-electron chi connectivity index (χ3n) is 3.26. The van der Waals surface area contributed by atoms with Gasteiger partial charge in [-0.05, 0) is 31.9 Å². The Morgan fingerprint density at radius 2 is 2.06 bits per heavy atom. The molecule has 0 saturated heterocycles. The number of hydrogen-bond donors (Lipinski definition) is 0. The van der Waals surface area contributed by atoms with Crippen LogP contribution in [0.3, 0.4) is 0 Å². The molecule has 0 aliphatic heterocycles. The van der Waals surface area contributed by atoms with E-state index in [-0.39, 0.29) is 0 Å². The molecule has 1 aliphatic carbocycles. The third kappa shape index (κ3) is 2.67. The van der Waals surface area contributed by atoms with Crippen LogP contribution in [0.5, 0.6) is 0 Å². The molecule has 1 aromatic rings. The van der Waals surface area contributed by atoms with E-state index in [2.05, 4.69) is 0 Å². The smallest absolute Gasteiger partial charge is 0.339 e. The van der Waals surface area contributed by atoms with Gasteiger partial charge in [-0.1, -0.05) is 29.8 Å². The number of carbonyl (C=O) groups is 2. The number of hydrogen-bond acceptors (Lipinski definition) is 3. The number of carbonyl (C=O) groups excluding carboxylic acids is 2. The minimum Gasteiger partial charge on any atom is -0.447 e. The summed E-state index contributed by atoms with van der Waals surface area (Å²) in [5, 5.41) is 0. The molecular formula is C15H16O3. The van der Waals surface area contributed by atoms with E-state index in [4.69, 9.17) is 4.74 Å². The number of rotatable bonds is 3. The van der Waals surface area contributed by atoms with E-state index in [1.165, 1.54) is 5.57 Å². The van der Waals surface area contributed by atoms with Crippen molar-refractivity contribution in [2.45, 2.75) is 31.8 Å². The average Bonchev–Trinajstić information content (AvgIpc) is 2.43. The lowest BCUT2D eigenvalue weighted by atomic mass is 9.87. The van der Waals surface area contributed by atoms with Crippen molar-refractivity contribution < 1.29 is 14.3 Å². The maximum absolute atomic E-state index is 12.0. The lowest BCUT2D eigenvalue weighted by molar-refractivity contribution is -0.126. The zero-order chi connectivity index (χ0) is 13.0. The maximum atomic E-state index is 12.0. The van der Waals surface area contributed by atoms with E-state index in [1.807, 2.05) is 19.1 Å². The number of aldehydes is 1. The van der Waals surface area contributed by atoms with E-state index < -0.39 is 11.6 Å². The molecule has 0 N–H and O–H groups in total. The second-order valence-corrected chi connectivity index (χ2v) is 4.69. The second-order valence-electron chi connectivity index (χ2n) is 4.69. The van der Waals surface area contributed by atoms with Crippen LogP contribution >= 0.6 is 0 Å². The van der Waals surface area contributed by atoms with Crippen molar-refractivity contribution in [3.05, 3.63) is 47.5 Å². The van der Waals surface area contributed by atoms with Crippen LogP contribution in [0.25, 0.3) is 0 Å². The van der Waals surface area contributed by atoms with Gasteiger partial charge < -0.3 is 4.74 Å². The predicted molar refractivity (Wildman–Crippen MR) is 68.3 cm³/mol. The highest BCUT2D eigenvalue weighted by Crippen LogP contribution is 2.30. The van der Waals surface area contributed by atoms with Gasteiger partial charge in [0, 0.05) is 6.42 Å². The summed E-state index contributed by atoms with van der Waals surface area (Å²) >= 11 is 0. The highest BCUT2D eigenvalue weighted by molar-refractivity contribution is 5.91. The van der Waals surface area contributed by atoms with E-state index >= 15 is 0 Å². The van der Waals surface area contributed by atoms with Crippen LogP contribution in [0.4, 0.5) is 0 Å². The van der Waals surface area contributed by atoms with Crippen LogP contribution < -0.4 is 0 Å². The molecular weight excluding hydrogens is 228 g/mol. The Morgan fingerprint density at radius 3 is 2.61 bits per heavy atom. The summed E-state index contributed by atoms with van der Waals surface area (Å²) in [5.74, 6) is -0.435. The van der Waals surface area contributed by atoms with Crippen LogP contribution in [-0.4, -0.2) is 17.9 Å². The summed E-state index contributed by atoms with van der Waals surface area (Å²) in [5.41, 5.74) is 0.736. The van der Waals surface area contributed by atoms with Gasteiger partial charge in [0.1, 0.15) is 0 Å². The van der Waals surface area contributed by atoms with Gasteiger partial charge in [-0.2, -0.15) is 0 Å². The molecule has 0 spiro atoms. The largest absolute Gasteiger partial charge is 0.447 e. The molecule has 0 unspecified atom stereocenters. The Hall–Kier alpha value is -1.90. The zero-order valence-corrected chi connectivity index (χ0v) is 10.4. The van der Waals surface area contributed by atoms with Gasteiger partial charge >= 0.3 is 5.97 Å². The van der Waals surface area contributed by atoms with Crippen molar-refractivity contribution in [1.82, 2.24) is 0 Å². The van der Waals surface area contributed by atoms with Crippen LogP contribution in [0.1, 0.15) is 36.5 Å². The van der Waals surface area contributed by atoms with Crippen LogP contribution in [0.15, 0.2) is 42.0 Å². The van der Waals surface area contributed by atoms with Crippen LogP contribution in [0.2, 0.25) is 0 Å². The molecule has 94 valence electrons. The van der Waals surface area contributed by atoms with Crippen molar-refractivity contribution >= 4 is 12.3 Å². The van der Waals surface area contributed by atoms with Gasteiger partial charge in [0.15, 0.2) is 11.9 Å². The first-order valence-electron chi connectivity index (χ1n) is 6.06. The SMILES string of the molecule is CC1=CC[C@@](C=O)(OC(=O)c2ccccc2)CC1. The fraction of sp³-hybridized carbons (Fsp3) is 0.333. The maximum Gasteiger partial charge on any atom is 0.339 e. The fourth-order valence-electron chi connectivity index (χ4n) is 2.00. The topological polar surface area (TPSA) is 43.4 Å². The third-order valence-corrected chi connectivity index (χ3v) is 3.26. The molecule has 18 heavy (non-hydrogen) atoms. The Labute approximate surface area is 106 Å². The highest BCUT2D eigenvalue weighted by atomic mass is 16.6. The summed E-state index contributed by atoms with van der Waals surface area (Å²) < 4.78 is 5.41. The average molecular weight is 244 g/mol. The molecule has 3 heteroatoms. The van der Waals surface area contributed by atoms with Crippen molar-refractivity contribution in [1.29, 1.82) is 0 Å². The quantitative estimate of drug-likeness (QED) is 0.466. The van der Waals surface area contributed by atoms with E-state index in [1.54, 1.807) is 24.3 Å². The summed E-state index contributed by atoms with van der Waals surface area (Å²) in [4.78, 5) is 23.2. The Balaban J connectivity index is 2.12. The summed E-state index contributed by atoms with van der Waals surface area (Å²) in [6.45, 7) is 2.02. The van der Waals surface area contributed by atoms with Gasteiger partial charge in [0.2, 0.25) is 0 Å². The van der Waals surface area contributed by atoms with Gasteiger partial charge in [0.25, 0.3) is 0 Å². The van der Waals surface area contributed by atoms with Crippen LogP contribution in [-0.2, 0) is 9.53 Å². The predicted octanol–water partition coefficient (Wildman–Crippen LogP) is 2.91. The number of allylic oxidation sites excluding steroid dienone is 1.